The lowest BCUT2D eigenvalue weighted by Gasteiger charge is -2.36. The van der Waals surface area contributed by atoms with Crippen LogP contribution in [-0.4, -0.2) is 47.2 Å². The second-order valence-corrected chi connectivity index (χ2v) is 7.59. The van der Waals surface area contributed by atoms with Crippen LogP contribution in [0.15, 0.2) is 41.8 Å². The van der Waals surface area contributed by atoms with Gasteiger partial charge < -0.3 is 9.80 Å². The van der Waals surface area contributed by atoms with E-state index in [1.807, 2.05) is 28.5 Å². The van der Waals surface area contributed by atoms with Crippen molar-refractivity contribution < 1.29 is 4.79 Å². The Morgan fingerprint density at radius 1 is 1.12 bits per heavy atom. The molecule has 1 aliphatic rings. The maximum Gasteiger partial charge on any atom is 0.274 e. The Bertz CT molecular complexity index is 908. The number of amides is 1. The van der Waals surface area contributed by atoms with E-state index in [-0.39, 0.29) is 5.91 Å². The number of piperazine rings is 1. The molecule has 0 aliphatic carbocycles. The largest absolute Gasteiger partial charge is 0.368 e. The van der Waals surface area contributed by atoms with E-state index in [1.54, 1.807) is 11.3 Å². The van der Waals surface area contributed by atoms with Gasteiger partial charge in [0, 0.05) is 31.9 Å². The molecule has 6 heteroatoms. The summed E-state index contributed by atoms with van der Waals surface area (Å²) in [7, 11) is 0. The van der Waals surface area contributed by atoms with Gasteiger partial charge in [0.05, 0.1) is 10.6 Å². The number of H-pyrrole nitrogens is 1. The van der Waals surface area contributed by atoms with Crippen LogP contribution in [0.25, 0.3) is 10.6 Å². The summed E-state index contributed by atoms with van der Waals surface area (Å²) in [4.78, 5) is 18.1. The summed E-state index contributed by atoms with van der Waals surface area (Å²) >= 11 is 1.63. The molecule has 0 saturated carbocycles. The van der Waals surface area contributed by atoms with Gasteiger partial charge in [-0.3, -0.25) is 9.89 Å². The zero-order valence-electron chi connectivity index (χ0n) is 15.0. The Hall–Kier alpha value is -2.60. The van der Waals surface area contributed by atoms with Gasteiger partial charge in [0.25, 0.3) is 5.91 Å². The molecule has 134 valence electrons. The second-order valence-electron chi connectivity index (χ2n) is 6.64. The average Bonchev–Trinajstić information content (AvgIpc) is 3.35. The van der Waals surface area contributed by atoms with Gasteiger partial charge in [0.1, 0.15) is 0 Å². The molecule has 3 aromatic rings. The quantitative estimate of drug-likeness (QED) is 0.769. The number of nitrogens with zero attached hydrogens (tertiary/aromatic N) is 3. The minimum atomic E-state index is 0.00432. The molecule has 1 saturated heterocycles. The fraction of sp³-hybridized carbons (Fsp3) is 0.300. The minimum absolute atomic E-state index is 0.00432. The highest BCUT2D eigenvalue weighted by atomic mass is 32.1. The molecule has 0 spiro atoms. The Morgan fingerprint density at radius 2 is 1.92 bits per heavy atom. The molecule has 1 amide bonds. The Labute approximate surface area is 157 Å². The van der Waals surface area contributed by atoms with Crippen molar-refractivity contribution in [3.05, 3.63) is 58.6 Å². The topological polar surface area (TPSA) is 52.2 Å². The standard InChI is InChI=1S/C20H22N4OS/c1-14-5-3-6-18(15(14)2)23-8-10-24(11-9-23)20(25)17-13-16(21-22-17)19-7-4-12-26-19/h3-7,12-13H,8-11H2,1-2H3,(H,21,22). The monoisotopic (exact) mass is 366 g/mol. The predicted molar refractivity (Wildman–Crippen MR) is 106 cm³/mol. The second kappa shape index (κ2) is 6.96. The number of benzene rings is 1. The van der Waals surface area contributed by atoms with Crippen molar-refractivity contribution in [2.75, 3.05) is 31.1 Å². The first-order chi connectivity index (χ1) is 12.6. The fourth-order valence-corrected chi connectivity index (χ4v) is 4.07. The molecule has 1 N–H and O–H groups in total. The smallest absolute Gasteiger partial charge is 0.274 e. The molecule has 0 radical (unpaired) electrons. The number of carbonyl (C=O) groups is 1. The van der Waals surface area contributed by atoms with E-state index in [4.69, 9.17) is 0 Å². The van der Waals surface area contributed by atoms with E-state index in [2.05, 4.69) is 47.1 Å². The fourth-order valence-electron chi connectivity index (χ4n) is 3.38. The van der Waals surface area contributed by atoms with E-state index < -0.39 is 0 Å². The first-order valence-electron chi connectivity index (χ1n) is 8.83. The lowest BCUT2D eigenvalue weighted by molar-refractivity contribution is 0.0741. The molecule has 5 nitrogen and oxygen atoms in total. The highest BCUT2D eigenvalue weighted by molar-refractivity contribution is 7.13. The highest BCUT2D eigenvalue weighted by Crippen LogP contribution is 2.25. The predicted octanol–water partition coefficient (Wildman–Crippen LogP) is 3.72. The van der Waals surface area contributed by atoms with Crippen LogP contribution in [0.4, 0.5) is 5.69 Å². The van der Waals surface area contributed by atoms with Crippen molar-refractivity contribution in [3.8, 4) is 10.6 Å². The number of carbonyl (C=O) groups excluding carboxylic acids is 1. The van der Waals surface area contributed by atoms with E-state index >= 15 is 0 Å². The van der Waals surface area contributed by atoms with Crippen LogP contribution in [0.1, 0.15) is 21.6 Å². The third kappa shape index (κ3) is 3.12. The summed E-state index contributed by atoms with van der Waals surface area (Å²) in [6.45, 7) is 7.43. The Balaban J connectivity index is 1.43. The lowest BCUT2D eigenvalue weighted by atomic mass is 10.1. The molecule has 1 aliphatic heterocycles. The van der Waals surface area contributed by atoms with Crippen LogP contribution >= 0.6 is 11.3 Å². The van der Waals surface area contributed by atoms with Gasteiger partial charge in [0.2, 0.25) is 0 Å². The van der Waals surface area contributed by atoms with Crippen molar-refractivity contribution in [1.82, 2.24) is 15.1 Å². The molecule has 4 rings (SSSR count). The minimum Gasteiger partial charge on any atom is -0.368 e. The number of aryl methyl sites for hydroxylation is 1. The molecule has 2 aromatic heterocycles. The summed E-state index contributed by atoms with van der Waals surface area (Å²) < 4.78 is 0. The molecule has 0 atom stereocenters. The summed E-state index contributed by atoms with van der Waals surface area (Å²) in [6, 6.07) is 12.3. The molecule has 1 aromatic carbocycles. The van der Waals surface area contributed by atoms with Crippen molar-refractivity contribution >= 4 is 22.9 Å². The third-order valence-corrected chi connectivity index (χ3v) is 5.97. The molecule has 26 heavy (non-hydrogen) atoms. The zero-order chi connectivity index (χ0) is 18.1. The summed E-state index contributed by atoms with van der Waals surface area (Å²) in [5.41, 5.74) is 5.29. The highest BCUT2D eigenvalue weighted by Gasteiger charge is 2.25. The number of aromatic nitrogens is 2. The molecule has 0 bridgehead atoms. The molecular formula is C20H22N4OS. The number of hydrogen-bond acceptors (Lipinski definition) is 4. The summed E-state index contributed by atoms with van der Waals surface area (Å²) in [6.07, 6.45) is 0. The third-order valence-electron chi connectivity index (χ3n) is 5.07. The first kappa shape index (κ1) is 16.8. The lowest BCUT2D eigenvalue weighted by Crippen LogP contribution is -2.49. The van der Waals surface area contributed by atoms with E-state index in [0.717, 1.165) is 23.7 Å². The number of nitrogens with one attached hydrogen (secondary N) is 1. The van der Waals surface area contributed by atoms with E-state index in [1.165, 1.54) is 16.8 Å². The number of rotatable bonds is 3. The van der Waals surface area contributed by atoms with Gasteiger partial charge in [-0.15, -0.1) is 11.3 Å². The van der Waals surface area contributed by atoms with Gasteiger partial charge in [-0.05, 0) is 48.6 Å². The Kier molecular flexibility index (Phi) is 4.51. The van der Waals surface area contributed by atoms with Crippen LogP contribution in [0.5, 0.6) is 0 Å². The average molecular weight is 366 g/mol. The zero-order valence-corrected chi connectivity index (χ0v) is 15.8. The van der Waals surface area contributed by atoms with Crippen molar-refractivity contribution in [3.63, 3.8) is 0 Å². The molecule has 1 fully saturated rings. The van der Waals surface area contributed by atoms with Crippen LogP contribution in [0, 0.1) is 13.8 Å². The molecule has 0 unspecified atom stereocenters. The van der Waals surface area contributed by atoms with Crippen LogP contribution in [-0.2, 0) is 0 Å². The van der Waals surface area contributed by atoms with Gasteiger partial charge >= 0.3 is 0 Å². The van der Waals surface area contributed by atoms with Crippen molar-refractivity contribution in [2.45, 2.75) is 13.8 Å². The Morgan fingerprint density at radius 3 is 2.65 bits per heavy atom. The maximum atomic E-state index is 12.8. The van der Waals surface area contributed by atoms with E-state index in [9.17, 15) is 4.79 Å². The van der Waals surface area contributed by atoms with E-state index in [0.29, 0.717) is 18.8 Å². The van der Waals surface area contributed by atoms with Gasteiger partial charge in [-0.2, -0.15) is 5.10 Å². The first-order valence-corrected chi connectivity index (χ1v) is 9.71. The maximum absolute atomic E-state index is 12.8. The molecule has 3 heterocycles. The van der Waals surface area contributed by atoms with Gasteiger partial charge in [-0.1, -0.05) is 18.2 Å². The number of thiophene rings is 1. The van der Waals surface area contributed by atoms with Crippen molar-refractivity contribution in [1.29, 1.82) is 0 Å². The SMILES string of the molecule is Cc1cccc(N2CCN(C(=O)c3cc(-c4cccs4)[nH]n3)CC2)c1C. The van der Waals surface area contributed by atoms with Crippen LogP contribution in [0.2, 0.25) is 0 Å². The van der Waals surface area contributed by atoms with Gasteiger partial charge in [0.15, 0.2) is 5.69 Å². The summed E-state index contributed by atoms with van der Waals surface area (Å²) in [5.74, 6) is 0.00432. The number of anilines is 1. The van der Waals surface area contributed by atoms with Crippen molar-refractivity contribution in [2.24, 2.45) is 0 Å². The number of hydrogen-bond donors (Lipinski definition) is 1. The van der Waals surface area contributed by atoms with Crippen LogP contribution in [0.3, 0.4) is 0 Å². The normalized spacial score (nSPS) is 14.7. The van der Waals surface area contributed by atoms with Crippen LogP contribution < -0.4 is 4.90 Å². The van der Waals surface area contributed by atoms with Gasteiger partial charge in [-0.25, -0.2) is 0 Å². The summed E-state index contributed by atoms with van der Waals surface area (Å²) in [5, 5.41) is 9.22. The number of aromatic amines is 1. The molecular weight excluding hydrogens is 344 g/mol.